The number of carbonyl (C=O) groups is 1. The summed E-state index contributed by atoms with van der Waals surface area (Å²) >= 11 is 1.77. The highest BCUT2D eigenvalue weighted by Crippen LogP contribution is 2.48. The Labute approximate surface area is 232 Å². The summed E-state index contributed by atoms with van der Waals surface area (Å²) in [6.45, 7) is 5.24. The molecule has 0 spiro atoms. The Morgan fingerprint density at radius 3 is 2.36 bits per heavy atom. The van der Waals surface area contributed by atoms with Crippen LogP contribution in [-0.2, 0) is 25.3 Å². The molecule has 10 heteroatoms. The number of carboxylic acids is 1. The van der Waals surface area contributed by atoms with Gasteiger partial charge in [0, 0.05) is 69.1 Å². The Balaban J connectivity index is 1.19. The van der Waals surface area contributed by atoms with Gasteiger partial charge in [0.25, 0.3) is 5.56 Å². The maximum atomic E-state index is 12.3. The topological polar surface area (TPSA) is 91.0 Å². The Morgan fingerprint density at radius 1 is 0.872 bits per heavy atom. The number of rotatable bonds is 9. The van der Waals surface area contributed by atoms with E-state index >= 15 is 0 Å². The lowest BCUT2D eigenvalue weighted by Gasteiger charge is -2.37. The number of benzene rings is 2. The first-order valence-electron chi connectivity index (χ1n) is 13.5. The van der Waals surface area contributed by atoms with Gasteiger partial charge in [-0.3, -0.25) is 23.6 Å². The van der Waals surface area contributed by atoms with E-state index in [0.717, 1.165) is 67.9 Å². The van der Waals surface area contributed by atoms with Gasteiger partial charge in [0.2, 0.25) is 0 Å². The maximum Gasteiger partial charge on any atom is 0.332 e. The van der Waals surface area contributed by atoms with Crippen molar-refractivity contribution >= 4 is 34.9 Å². The summed E-state index contributed by atoms with van der Waals surface area (Å²) < 4.78 is 2.69. The summed E-state index contributed by atoms with van der Waals surface area (Å²) in [4.78, 5) is 45.0. The number of hydrogen-bond acceptors (Lipinski definition) is 7. The molecule has 3 heterocycles. The Hall–Kier alpha value is -3.50. The molecule has 2 aliphatic heterocycles. The molecule has 39 heavy (non-hydrogen) atoms. The van der Waals surface area contributed by atoms with Crippen molar-refractivity contribution in [3.8, 4) is 0 Å². The quantitative estimate of drug-likeness (QED) is 0.407. The van der Waals surface area contributed by atoms with E-state index in [0.29, 0.717) is 12.2 Å². The summed E-state index contributed by atoms with van der Waals surface area (Å²) in [6, 6.07) is 16.3. The van der Waals surface area contributed by atoms with Crippen LogP contribution in [0.1, 0.15) is 24.8 Å². The number of piperazine rings is 1. The van der Waals surface area contributed by atoms with Crippen LogP contribution in [0.3, 0.4) is 0 Å². The third-order valence-corrected chi connectivity index (χ3v) is 8.75. The van der Waals surface area contributed by atoms with Gasteiger partial charge in [-0.05, 0) is 55.6 Å². The van der Waals surface area contributed by atoms with E-state index in [9.17, 15) is 14.4 Å². The lowest BCUT2D eigenvalue weighted by atomic mass is 10.1. The van der Waals surface area contributed by atoms with E-state index in [1.165, 1.54) is 22.5 Å². The van der Waals surface area contributed by atoms with Crippen molar-refractivity contribution in [1.29, 1.82) is 0 Å². The van der Waals surface area contributed by atoms with Gasteiger partial charge < -0.3 is 14.9 Å². The van der Waals surface area contributed by atoms with Crippen molar-refractivity contribution in [2.24, 2.45) is 14.1 Å². The normalized spacial score (nSPS) is 15.2. The molecule has 0 saturated carbocycles. The fourth-order valence-electron chi connectivity index (χ4n) is 5.35. The predicted molar refractivity (Wildman–Crippen MR) is 155 cm³/mol. The highest BCUT2D eigenvalue weighted by Gasteiger charge is 2.24. The van der Waals surface area contributed by atoms with Gasteiger partial charge in [-0.15, -0.1) is 0 Å². The fourth-order valence-corrected chi connectivity index (χ4v) is 6.43. The number of anilines is 3. The molecular weight excluding hydrogens is 514 g/mol. The van der Waals surface area contributed by atoms with Crippen LogP contribution >= 0.6 is 11.8 Å². The van der Waals surface area contributed by atoms with Crippen molar-refractivity contribution in [1.82, 2.24) is 14.0 Å². The molecular formula is C29H35N5O4S. The molecule has 0 radical (unpaired) electrons. The summed E-state index contributed by atoms with van der Waals surface area (Å²) in [6.07, 6.45) is 2.75. The van der Waals surface area contributed by atoms with E-state index in [-0.39, 0.29) is 17.7 Å². The van der Waals surface area contributed by atoms with E-state index in [2.05, 4.69) is 51.1 Å². The summed E-state index contributed by atoms with van der Waals surface area (Å²) in [5, 5.41) is 9.11. The second-order valence-corrected chi connectivity index (χ2v) is 11.3. The van der Waals surface area contributed by atoms with E-state index in [1.54, 1.807) is 29.4 Å². The first-order valence-corrected chi connectivity index (χ1v) is 14.3. The van der Waals surface area contributed by atoms with Crippen molar-refractivity contribution in [2.75, 3.05) is 49.1 Å². The zero-order valence-corrected chi connectivity index (χ0v) is 23.3. The number of carboxylic acid groups (broad SMARTS) is 1. The number of aromatic nitrogens is 2. The van der Waals surface area contributed by atoms with Gasteiger partial charge in [0.05, 0.1) is 11.4 Å². The third-order valence-electron chi connectivity index (χ3n) is 7.62. The molecule has 1 fully saturated rings. The molecule has 0 atom stereocenters. The number of hydrogen-bond donors (Lipinski definition) is 1. The first-order chi connectivity index (χ1) is 18.8. The van der Waals surface area contributed by atoms with Crippen LogP contribution < -0.4 is 21.0 Å². The zero-order chi connectivity index (χ0) is 27.5. The smallest absolute Gasteiger partial charge is 0.332 e. The highest BCUT2D eigenvalue weighted by molar-refractivity contribution is 7.99. The SMILES string of the molecule is Cn1c(N2CCN(CCCCN3c4ccccc4Sc4ccc(CCC(=O)O)cc43)CC2)cc(=O)n(C)c1=O. The van der Waals surface area contributed by atoms with Gasteiger partial charge in [-0.2, -0.15) is 0 Å². The molecule has 206 valence electrons. The van der Waals surface area contributed by atoms with Crippen LogP contribution in [-0.4, -0.2) is 64.4 Å². The molecule has 9 nitrogen and oxygen atoms in total. The van der Waals surface area contributed by atoms with E-state index in [1.807, 2.05) is 6.07 Å². The highest BCUT2D eigenvalue weighted by atomic mass is 32.2. The van der Waals surface area contributed by atoms with E-state index < -0.39 is 5.97 Å². The van der Waals surface area contributed by atoms with Gasteiger partial charge in [-0.25, -0.2) is 4.79 Å². The summed E-state index contributed by atoms with van der Waals surface area (Å²) in [5.41, 5.74) is 2.85. The summed E-state index contributed by atoms with van der Waals surface area (Å²) in [7, 11) is 3.22. The number of aliphatic carboxylic acids is 1. The molecule has 2 aromatic carbocycles. The van der Waals surface area contributed by atoms with E-state index in [4.69, 9.17) is 5.11 Å². The fraction of sp³-hybridized carbons (Fsp3) is 0.414. The van der Waals surface area contributed by atoms with Gasteiger partial charge in [-0.1, -0.05) is 30.0 Å². The molecule has 1 aromatic heterocycles. The molecule has 1 N–H and O–H groups in total. The number of aryl methyl sites for hydroxylation is 1. The van der Waals surface area contributed by atoms with Crippen LogP contribution in [0.15, 0.2) is 67.9 Å². The molecule has 0 bridgehead atoms. The molecule has 5 rings (SSSR count). The third kappa shape index (κ3) is 5.91. The standard InChI is InChI=1S/C29H35N5O4S/c1-30-26(20-27(35)31(2)29(30)38)33-17-15-32(16-18-33)13-5-6-14-34-22-7-3-4-8-24(22)39-25-11-9-21(19-23(25)34)10-12-28(36)37/h3-4,7-9,11,19-20H,5-6,10,12-18H2,1-2H3,(H,36,37). The first kappa shape index (κ1) is 27.1. The molecule has 1 saturated heterocycles. The number of para-hydroxylation sites is 1. The largest absolute Gasteiger partial charge is 0.481 e. The predicted octanol–water partition coefficient (Wildman–Crippen LogP) is 3.31. The summed E-state index contributed by atoms with van der Waals surface area (Å²) in [5.74, 6) is -0.0898. The minimum atomic E-state index is -0.776. The monoisotopic (exact) mass is 549 g/mol. The van der Waals surface area contributed by atoms with Crippen molar-refractivity contribution < 1.29 is 9.90 Å². The minimum absolute atomic E-state index is 0.132. The van der Waals surface area contributed by atoms with Crippen molar-refractivity contribution in [3.63, 3.8) is 0 Å². The molecule has 0 unspecified atom stereocenters. The number of unbranched alkanes of at least 4 members (excludes halogenated alkanes) is 1. The van der Waals surface area contributed by atoms with Crippen LogP contribution in [0, 0.1) is 0 Å². The van der Waals surface area contributed by atoms with Crippen LogP contribution in [0.5, 0.6) is 0 Å². The molecule has 3 aromatic rings. The van der Waals surface area contributed by atoms with Gasteiger partial charge in [0.1, 0.15) is 5.82 Å². The molecule has 0 aliphatic carbocycles. The Morgan fingerprint density at radius 2 is 1.59 bits per heavy atom. The zero-order valence-electron chi connectivity index (χ0n) is 22.5. The Kier molecular flexibility index (Phi) is 8.13. The van der Waals surface area contributed by atoms with Crippen molar-refractivity contribution in [2.45, 2.75) is 35.5 Å². The average molecular weight is 550 g/mol. The van der Waals surface area contributed by atoms with Crippen LogP contribution in [0.4, 0.5) is 17.2 Å². The Bertz CT molecular complexity index is 1480. The van der Waals surface area contributed by atoms with Crippen LogP contribution in [0.2, 0.25) is 0 Å². The lowest BCUT2D eigenvalue weighted by Crippen LogP contribution is -2.49. The lowest BCUT2D eigenvalue weighted by molar-refractivity contribution is -0.136. The molecule has 2 aliphatic rings. The van der Waals surface area contributed by atoms with Gasteiger partial charge >= 0.3 is 11.7 Å². The maximum absolute atomic E-state index is 12.3. The van der Waals surface area contributed by atoms with Crippen molar-refractivity contribution in [3.05, 3.63) is 74.9 Å². The van der Waals surface area contributed by atoms with Crippen LogP contribution in [0.25, 0.3) is 0 Å². The minimum Gasteiger partial charge on any atom is -0.481 e. The number of nitrogens with zero attached hydrogens (tertiary/aromatic N) is 5. The second-order valence-electron chi connectivity index (χ2n) is 10.2. The van der Waals surface area contributed by atoms with Gasteiger partial charge in [0.15, 0.2) is 0 Å². The second kappa shape index (κ2) is 11.7. The number of fused-ring (bicyclic) bond motifs is 2. The molecule has 0 amide bonds. The average Bonchev–Trinajstić information content (AvgIpc) is 2.94.